The number of aliphatic hydroxyl groups excluding tert-OH is 2. The van der Waals surface area contributed by atoms with E-state index in [0.717, 1.165) is 32.1 Å². The summed E-state index contributed by atoms with van der Waals surface area (Å²) in [5.74, 6) is -1.82. The Hall–Kier alpha value is -1.15. The van der Waals surface area contributed by atoms with E-state index in [4.69, 9.17) is 4.74 Å². The summed E-state index contributed by atoms with van der Waals surface area (Å²) in [4.78, 5) is 11.5. The lowest BCUT2D eigenvalue weighted by Crippen LogP contribution is -2.66. The normalized spacial score (nSPS) is 36.2. The molecule has 2 unspecified atom stereocenters. The number of hydrogen-bond acceptors (Lipinski definition) is 6. The summed E-state index contributed by atoms with van der Waals surface area (Å²) in [7, 11) is 0. The lowest BCUT2D eigenvalue weighted by Gasteiger charge is -2.52. The molecule has 29 heavy (non-hydrogen) atoms. The summed E-state index contributed by atoms with van der Waals surface area (Å²) in [6.07, 6.45) is 1.81. The molecule has 2 aliphatic rings. The molecule has 2 rings (SSSR count). The minimum absolute atomic E-state index is 0.191. The number of unbranched alkanes of at least 4 members (excludes halogenated alkanes) is 4. The molecule has 1 saturated carbocycles. The van der Waals surface area contributed by atoms with Gasteiger partial charge in [0.15, 0.2) is 5.60 Å². The van der Waals surface area contributed by atoms with Gasteiger partial charge in [0.05, 0.1) is 12.5 Å². The van der Waals surface area contributed by atoms with Crippen molar-refractivity contribution in [2.45, 2.75) is 109 Å². The number of carboxylic acids is 1. The molecule has 1 aliphatic heterocycles. The minimum atomic E-state index is -1.97. The molecule has 168 valence electrons. The van der Waals surface area contributed by atoms with Crippen molar-refractivity contribution in [2.24, 2.45) is 11.3 Å². The van der Waals surface area contributed by atoms with E-state index in [0.29, 0.717) is 12.0 Å². The second kappa shape index (κ2) is 8.53. The fourth-order valence-corrected chi connectivity index (χ4v) is 5.33. The van der Waals surface area contributed by atoms with Crippen molar-refractivity contribution in [1.82, 2.24) is 0 Å². The van der Waals surface area contributed by atoms with E-state index in [9.17, 15) is 30.3 Å². The van der Waals surface area contributed by atoms with Crippen LogP contribution in [0.3, 0.4) is 0 Å². The van der Waals surface area contributed by atoms with Crippen LogP contribution in [0.2, 0.25) is 0 Å². The smallest absolute Gasteiger partial charge is 0.303 e. The zero-order valence-electron chi connectivity index (χ0n) is 18.3. The molecule has 1 saturated heterocycles. The Balaban J connectivity index is 2.33. The largest absolute Gasteiger partial charge is 0.509 e. The predicted octanol–water partition coefficient (Wildman–Crippen LogP) is 2.92. The van der Waals surface area contributed by atoms with Crippen LogP contribution in [0.4, 0.5) is 0 Å². The molecule has 0 aromatic rings. The maximum atomic E-state index is 11.6. The molecule has 0 radical (unpaired) electrons. The van der Waals surface area contributed by atoms with Crippen LogP contribution in [0.25, 0.3) is 0 Å². The Morgan fingerprint density at radius 2 is 1.66 bits per heavy atom. The Morgan fingerprint density at radius 1 is 1.07 bits per heavy atom. The lowest BCUT2D eigenvalue weighted by molar-refractivity contribution is -0.255. The number of carbonyl (C=O) groups is 1. The third kappa shape index (κ3) is 3.60. The number of carboxylic acid groups (broad SMARTS) is 1. The topological polar surface area (TPSA) is 127 Å². The number of aliphatic carboxylic acids is 1. The maximum absolute atomic E-state index is 11.6. The fourth-order valence-electron chi connectivity index (χ4n) is 5.33. The lowest BCUT2D eigenvalue weighted by atomic mass is 9.62. The number of rotatable bonds is 10. The number of aliphatic hydroxyl groups is 4. The van der Waals surface area contributed by atoms with Gasteiger partial charge in [-0.05, 0) is 31.8 Å². The molecule has 1 aliphatic carbocycles. The van der Waals surface area contributed by atoms with Gasteiger partial charge in [0, 0.05) is 5.41 Å². The molecule has 6 atom stereocenters. The second-order valence-electron chi connectivity index (χ2n) is 9.55. The van der Waals surface area contributed by atoms with Gasteiger partial charge in [-0.2, -0.15) is 0 Å². The van der Waals surface area contributed by atoms with Crippen LogP contribution in [-0.4, -0.2) is 61.0 Å². The van der Waals surface area contributed by atoms with Crippen molar-refractivity contribution < 1.29 is 35.1 Å². The predicted molar refractivity (Wildman–Crippen MR) is 108 cm³/mol. The molecule has 0 aromatic carbocycles. The monoisotopic (exact) mass is 414 g/mol. The van der Waals surface area contributed by atoms with Gasteiger partial charge in [-0.25, -0.2) is 0 Å². The first-order valence-corrected chi connectivity index (χ1v) is 10.7. The summed E-state index contributed by atoms with van der Waals surface area (Å²) in [5.41, 5.74) is -4.75. The third-order valence-corrected chi connectivity index (χ3v) is 7.21. The molecule has 0 amide bonds. The van der Waals surface area contributed by atoms with Gasteiger partial charge < -0.3 is 30.3 Å². The van der Waals surface area contributed by atoms with Crippen LogP contribution < -0.4 is 0 Å². The summed E-state index contributed by atoms with van der Waals surface area (Å²) >= 11 is 0. The number of ether oxygens (including phenoxy) is 1. The summed E-state index contributed by atoms with van der Waals surface area (Å²) in [5, 5.41) is 53.9. The Bertz CT molecular complexity index is 639. The fraction of sp³-hybridized carbons (Fsp3) is 0.864. The van der Waals surface area contributed by atoms with Crippen LogP contribution in [-0.2, 0) is 9.53 Å². The van der Waals surface area contributed by atoms with Crippen molar-refractivity contribution in [3.63, 3.8) is 0 Å². The number of allylic oxidation sites excluding steroid dienone is 1. The van der Waals surface area contributed by atoms with Gasteiger partial charge in [0.2, 0.25) is 0 Å². The first-order chi connectivity index (χ1) is 13.4. The molecule has 2 fully saturated rings. The second-order valence-corrected chi connectivity index (χ2v) is 9.55. The molecule has 0 aromatic heterocycles. The SMILES string of the molecule is CCCCCCCC(CC(=O)O)C1O[C@H]2[C@H](O)[C@]1(O)C(C)(C)[C@@]2(O)C(O)=C(C)C. The third-order valence-electron chi connectivity index (χ3n) is 7.21. The maximum Gasteiger partial charge on any atom is 0.303 e. The van der Waals surface area contributed by atoms with Crippen molar-refractivity contribution in [2.75, 3.05) is 0 Å². The Kier molecular flexibility index (Phi) is 7.10. The number of hydrogen-bond donors (Lipinski definition) is 5. The van der Waals surface area contributed by atoms with Gasteiger partial charge in [0.25, 0.3) is 0 Å². The van der Waals surface area contributed by atoms with E-state index in [-0.39, 0.29) is 12.2 Å². The number of fused-ring (bicyclic) bond motifs is 2. The van der Waals surface area contributed by atoms with Crippen molar-refractivity contribution >= 4 is 5.97 Å². The molecule has 7 nitrogen and oxygen atoms in total. The Labute approximate surface area is 173 Å². The standard InChI is InChI=1S/C22H38O7/c1-6-7-8-9-10-11-14(12-15(23)24)18-22(28)17(26)19(29-18)21(27,20(22,4)5)16(25)13(2)3/h14,17-19,25-28H,6-12H2,1-5H3,(H,23,24)/t14?,17-,18?,19-,21+,22+/m0/s1. The summed E-state index contributed by atoms with van der Waals surface area (Å²) in [6, 6.07) is 0. The molecule has 1 heterocycles. The van der Waals surface area contributed by atoms with Crippen LogP contribution in [0.1, 0.15) is 79.6 Å². The van der Waals surface area contributed by atoms with Crippen molar-refractivity contribution in [3.05, 3.63) is 11.3 Å². The van der Waals surface area contributed by atoms with E-state index in [1.54, 1.807) is 27.7 Å². The zero-order valence-corrected chi connectivity index (χ0v) is 18.3. The summed E-state index contributed by atoms with van der Waals surface area (Å²) in [6.45, 7) is 8.56. The highest BCUT2D eigenvalue weighted by molar-refractivity contribution is 5.67. The van der Waals surface area contributed by atoms with Crippen LogP contribution in [0.15, 0.2) is 11.3 Å². The molecule has 7 heteroatoms. The molecule has 5 N–H and O–H groups in total. The first kappa shape index (κ1) is 24.1. The molecule has 0 spiro atoms. The van der Waals surface area contributed by atoms with E-state index in [2.05, 4.69) is 6.92 Å². The van der Waals surface area contributed by atoms with Crippen LogP contribution in [0, 0.1) is 11.3 Å². The molecular formula is C22H38O7. The van der Waals surface area contributed by atoms with Gasteiger partial charge in [-0.15, -0.1) is 0 Å². The minimum Gasteiger partial charge on any atom is -0.509 e. The van der Waals surface area contributed by atoms with E-state index in [1.807, 2.05) is 0 Å². The van der Waals surface area contributed by atoms with Crippen LogP contribution >= 0.6 is 0 Å². The van der Waals surface area contributed by atoms with Crippen molar-refractivity contribution in [3.8, 4) is 0 Å². The average molecular weight is 415 g/mol. The Morgan fingerprint density at radius 3 is 2.14 bits per heavy atom. The van der Waals surface area contributed by atoms with E-state index >= 15 is 0 Å². The van der Waals surface area contributed by atoms with Gasteiger partial charge in [-0.1, -0.05) is 52.9 Å². The van der Waals surface area contributed by atoms with E-state index < -0.39 is 46.8 Å². The van der Waals surface area contributed by atoms with E-state index in [1.165, 1.54) is 0 Å². The zero-order chi connectivity index (χ0) is 22.2. The first-order valence-electron chi connectivity index (χ1n) is 10.7. The highest BCUT2D eigenvalue weighted by Crippen LogP contribution is 2.64. The van der Waals surface area contributed by atoms with Gasteiger partial charge in [0.1, 0.15) is 23.6 Å². The highest BCUT2D eigenvalue weighted by atomic mass is 16.6. The average Bonchev–Trinajstić information content (AvgIpc) is 2.96. The highest BCUT2D eigenvalue weighted by Gasteiger charge is 2.81. The van der Waals surface area contributed by atoms with Crippen LogP contribution in [0.5, 0.6) is 0 Å². The summed E-state index contributed by atoms with van der Waals surface area (Å²) < 4.78 is 5.93. The van der Waals surface area contributed by atoms with Gasteiger partial charge in [-0.3, -0.25) is 4.79 Å². The molecule has 2 bridgehead atoms. The van der Waals surface area contributed by atoms with Gasteiger partial charge >= 0.3 is 5.97 Å². The quantitative estimate of drug-likeness (QED) is 0.275. The molecular weight excluding hydrogens is 376 g/mol. The van der Waals surface area contributed by atoms with Crippen molar-refractivity contribution in [1.29, 1.82) is 0 Å².